The molecule has 4 rings (SSSR count). The number of carboxylic acid groups (broad SMARTS) is 1. The molecule has 2 fully saturated rings. The summed E-state index contributed by atoms with van der Waals surface area (Å²) in [7, 11) is 1.60. The second-order valence-electron chi connectivity index (χ2n) is 7.47. The number of benzene rings is 1. The molecule has 0 aromatic heterocycles. The van der Waals surface area contributed by atoms with Crippen LogP contribution in [0.4, 0.5) is 4.79 Å². The van der Waals surface area contributed by atoms with Gasteiger partial charge in [-0.3, -0.25) is 4.79 Å². The van der Waals surface area contributed by atoms with Gasteiger partial charge in [0.15, 0.2) is 0 Å². The van der Waals surface area contributed by atoms with Gasteiger partial charge in [0.05, 0.1) is 25.2 Å². The lowest BCUT2D eigenvalue weighted by atomic mass is 9.81. The van der Waals surface area contributed by atoms with Crippen LogP contribution in [0, 0.1) is 11.3 Å². The molecule has 0 unspecified atom stereocenters. The maximum Gasteiger partial charge on any atom is 0.317 e. The van der Waals surface area contributed by atoms with Crippen LogP contribution in [0.5, 0.6) is 11.5 Å². The molecule has 3 aliphatic rings. The zero-order valence-corrected chi connectivity index (χ0v) is 14.9. The fourth-order valence-corrected chi connectivity index (χ4v) is 4.68. The molecule has 26 heavy (non-hydrogen) atoms. The number of methoxy groups -OCH3 is 1. The van der Waals surface area contributed by atoms with E-state index in [9.17, 15) is 14.7 Å². The van der Waals surface area contributed by atoms with E-state index in [1.807, 2.05) is 18.2 Å². The number of amides is 2. The zero-order chi connectivity index (χ0) is 18.3. The van der Waals surface area contributed by atoms with Crippen LogP contribution in [0.3, 0.4) is 0 Å². The molecule has 1 saturated heterocycles. The molecule has 1 aromatic rings. The number of carboxylic acids is 1. The van der Waals surface area contributed by atoms with E-state index in [1.54, 1.807) is 12.0 Å². The fraction of sp³-hybridized carbons (Fsp3) is 0.579. The van der Waals surface area contributed by atoms with Crippen LogP contribution < -0.4 is 14.8 Å². The summed E-state index contributed by atoms with van der Waals surface area (Å²) in [5.41, 5.74) is 0.144. The van der Waals surface area contributed by atoms with Crippen molar-refractivity contribution in [1.29, 1.82) is 0 Å². The first-order valence-corrected chi connectivity index (χ1v) is 9.13. The van der Waals surface area contributed by atoms with Gasteiger partial charge < -0.3 is 24.8 Å². The SMILES string of the molecule is COc1ccc2c(c1)[C@@H](NC(=O)N1C[C@@H]3CCC[C@@]3(C(=O)O)C1)CCO2. The summed E-state index contributed by atoms with van der Waals surface area (Å²) in [6.45, 7) is 1.35. The zero-order valence-electron chi connectivity index (χ0n) is 14.9. The molecule has 1 aliphatic carbocycles. The Morgan fingerprint density at radius 1 is 1.38 bits per heavy atom. The molecular weight excluding hydrogens is 336 g/mol. The predicted octanol–water partition coefficient (Wildman–Crippen LogP) is 2.42. The fourth-order valence-electron chi connectivity index (χ4n) is 4.68. The Hall–Kier alpha value is -2.44. The number of likely N-dealkylation sites (tertiary alicyclic amines) is 1. The van der Waals surface area contributed by atoms with E-state index in [0.29, 0.717) is 38.3 Å². The van der Waals surface area contributed by atoms with Gasteiger partial charge in [0.25, 0.3) is 0 Å². The Morgan fingerprint density at radius 2 is 2.23 bits per heavy atom. The number of fused-ring (bicyclic) bond motifs is 2. The highest BCUT2D eigenvalue weighted by molar-refractivity contribution is 5.81. The molecule has 0 bridgehead atoms. The lowest BCUT2D eigenvalue weighted by Gasteiger charge is -2.29. The number of carbonyl (C=O) groups is 2. The quantitative estimate of drug-likeness (QED) is 0.864. The summed E-state index contributed by atoms with van der Waals surface area (Å²) in [4.78, 5) is 26.3. The summed E-state index contributed by atoms with van der Waals surface area (Å²) in [6, 6.07) is 5.22. The highest BCUT2D eigenvalue weighted by Crippen LogP contribution is 2.49. The number of hydrogen-bond acceptors (Lipinski definition) is 4. The molecule has 1 aromatic carbocycles. The third-order valence-electron chi connectivity index (χ3n) is 6.14. The number of urea groups is 1. The molecule has 2 N–H and O–H groups in total. The van der Waals surface area contributed by atoms with Crippen molar-refractivity contribution in [2.75, 3.05) is 26.8 Å². The molecule has 7 nitrogen and oxygen atoms in total. The number of nitrogens with one attached hydrogen (secondary N) is 1. The van der Waals surface area contributed by atoms with Gasteiger partial charge in [-0.2, -0.15) is 0 Å². The molecule has 140 valence electrons. The largest absolute Gasteiger partial charge is 0.497 e. The smallest absolute Gasteiger partial charge is 0.317 e. The van der Waals surface area contributed by atoms with Crippen LogP contribution in [-0.4, -0.2) is 48.8 Å². The van der Waals surface area contributed by atoms with E-state index in [4.69, 9.17) is 9.47 Å². The van der Waals surface area contributed by atoms with Crippen LogP contribution >= 0.6 is 0 Å². The summed E-state index contributed by atoms with van der Waals surface area (Å²) in [5, 5.41) is 12.8. The highest BCUT2D eigenvalue weighted by atomic mass is 16.5. The van der Waals surface area contributed by atoms with E-state index in [2.05, 4.69) is 5.32 Å². The van der Waals surface area contributed by atoms with Gasteiger partial charge in [-0.25, -0.2) is 4.79 Å². The summed E-state index contributed by atoms with van der Waals surface area (Å²) in [5.74, 6) is 0.765. The van der Waals surface area contributed by atoms with Crippen molar-refractivity contribution < 1.29 is 24.2 Å². The van der Waals surface area contributed by atoms with Crippen LogP contribution in [0.2, 0.25) is 0 Å². The Labute approximate surface area is 152 Å². The first-order chi connectivity index (χ1) is 12.5. The Balaban J connectivity index is 1.49. The Morgan fingerprint density at radius 3 is 2.96 bits per heavy atom. The van der Waals surface area contributed by atoms with E-state index in [0.717, 1.165) is 24.2 Å². The topological polar surface area (TPSA) is 88.1 Å². The minimum Gasteiger partial charge on any atom is -0.497 e. The standard InChI is InChI=1S/C19H24N2O5/c1-25-13-4-5-16-14(9-13)15(6-8-26-16)20-18(24)21-10-12-3-2-7-19(12,11-21)17(22)23/h4-5,9,12,15H,2-3,6-8,10-11H2,1H3,(H,20,24)(H,22,23)/t12-,15-,19+/m0/s1. The molecule has 1 saturated carbocycles. The minimum atomic E-state index is -0.767. The van der Waals surface area contributed by atoms with Gasteiger partial charge in [0.2, 0.25) is 0 Å². The number of carbonyl (C=O) groups excluding carboxylic acids is 1. The second kappa shape index (κ2) is 6.37. The number of rotatable bonds is 3. The highest BCUT2D eigenvalue weighted by Gasteiger charge is 2.55. The predicted molar refractivity (Wildman–Crippen MR) is 93.4 cm³/mol. The first kappa shape index (κ1) is 17.0. The molecule has 2 heterocycles. The van der Waals surface area contributed by atoms with Gasteiger partial charge >= 0.3 is 12.0 Å². The van der Waals surface area contributed by atoms with E-state index >= 15 is 0 Å². The average Bonchev–Trinajstić information content (AvgIpc) is 3.20. The summed E-state index contributed by atoms with van der Waals surface area (Å²) < 4.78 is 10.9. The number of aliphatic carboxylic acids is 1. The van der Waals surface area contributed by atoms with Crippen LogP contribution in [0.25, 0.3) is 0 Å². The molecule has 3 atom stereocenters. The normalized spacial score (nSPS) is 29.5. The van der Waals surface area contributed by atoms with Crippen molar-refractivity contribution in [2.45, 2.75) is 31.7 Å². The van der Waals surface area contributed by atoms with E-state index < -0.39 is 11.4 Å². The molecule has 2 amide bonds. The summed E-state index contributed by atoms with van der Waals surface area (Å²) in [6.07, 6.45) is 3.15. The van der Waals surface area contributed by atoms with E-state index in [1.165, 1.54) is 0 Å². The monoisotopic (exact) mass is 360 g/mol. The number of nitrogens with zero attached hydrogens (tertiary/aromatic N) is 1. The molecule has 0 radical (unpaired) electrons. The lowest BCUT2D eigenvalue weighted by Crippen LogP contribution is -2.43. The van der Waals surface area contributed by atoms with Crippen molar-refractivity contribution in [3.63, 3.8) is 0 Å². The van der Waals surface area contributed by atoms with Crippen molar-refractivity contribution >= 4 is 12.0 Å². The van der Waals surface area contributed by atoms with Crippen LogP contribution in [0.15, 0.2) is 18.2 Å². The second-order valence-corrected chi connectivity index (χ2v) is 7.47. The number of ether oxygens (including phenoxy) is 2. The van der Waals surface area contributed by atoms with Crippen LogP contribution in [0.1, 0.15) is 37.3 Å². The van der Waals surface area contributed by atoms with Crippen molar-refractivity contribution in [2.24, 2.45) is 11.3 Å². The van der Waals surface area contributed by atoms with Gasteiger partial charge in [-0.05, 0) is 37.0 Å². The van der Waals surface area contributed by atoms with Gasteiger partial charge in [0.1, 0.15) is 11.5 Å². The lowest BCUT2D eigenvalue weighted by molar-refractivity contribution is -0.149. The van der Waals surface area contributed by atoms with Gasteiger partial charge in [-0.15, -0.1) is 0 Å². The third-order valence-corrected chi connectivity index (χ3v) is 6.14. The third kappa shape index (κ3) is 2.66. The Bertz CT molecular complexity index is 737. The van der Waals surface area contributed by atoms with Gasteiger partial charge in [-0.1, -0.05) is 6.42 Å². The molecular formula is C19H24N2O5. The molecule has 7 heteroatoms. The average molecular weight is 360 g/mol. The van der Waals surface area contributed by atoms with E-state index in [-0.39, 0.29) is 18.0 Å². The van der Waals surface area contributed by atoms with Crippen LogP contribution in [-0.2, 0) is 4.79 Å². The Kier molecular flexibility index (Phi) is 4.17. The maximum absolute atomic E-state index is 12.8. The molecule has 0 spiro atoms. The van der Waals surface area contributed by atoms with Crippen molar-refractivity contribution in [1.82, 2.24) is 10.2 Å². The summed E-state index contributed by atoms with van der Waals surface area (Å²) >= 11 is 0. The first-order valence-electron chi connectivity index (χ1n) is 9.13. The van der Waals surface area contributed by atoms with Crippen molar-refractivity contribution in [3.8, 4) is 11.5 Å². The maximum atomic E-state index is 12.8. The molecule has 2 aliphatic heterocycles. The minimum absolute atomic E-state index is 0.0628. The van der Waals surface area contributed by atoms with Gasteiger partial charge in [0, 0.05) is 25.1 Å². The number of hydrogen-bond donors (Lipinski definition) is 2. The van der Waals surface area contributed by atoms with Crippen molar-refractivity contribution in [3.05, 3.63) is 23.8 Å².